The van der Waals surface area contributed by atoms with Gasteiger partial charge in [0.15, 0.2) is 0 Å². The number of alkyl halides is 3. The number of allylic oxidation sites excluding steroid dienone is 3. The first-order valence-electron chi connectivity index (χ1n) is 11.5. The molecule has 1 atom stereocenters. The molecule has 0 bridgehead atoms. The van der Waals surface area contributed by atoms with Crippen molar-refractivity contribution in [1.29, 1.82) is 0 Å². The molecule has 3 heterocycles. The fourth-order valence-corrected chi connectivity index (χ4v) is 5.93. The monoisotopic (exact) mass is 522 g/mol. The van der Waals surface area contributed by atoms with Crippen LogP contribution in [0.3, 0.4) is 0 Å². The summed E-state index contributed by atoms with van der Waals surface area (Å²) in [5.74, 6) is 0. The zero-order valence-electron chi connectivity index (χ0n) is 20.3. The molecular weight excluding hydrogens is 493 g/mol. The van der Waals surface area contributed by atoms with E-state index in [1.165, 1.54) is 30.7 Å². The van der Waals surface area contributed by atoms with Gasteiger partial charge in [-0.05, 0) is 49.3 Å². The molecule has 4 rings (SSSR count). The number of aliphatic imine (C=N–C) groups is 1. The summed E-state index contributed by atoms with van der Waals surface area (Å²) < 4.78 is 68.9. The summed E-state index contributed by atoms with van der Waals surface area (Å²) in [5.41, 5.74) is 2.01. The van der Waals surface area contributed by atoms with Crippen LogP contribution in [-0.4, -0.2) is 74.4 Å². The first-order chi connectivity index (χ1) is 17.0. The molecule has 2 aliphatic heterocycles. The van der Waals surface area contributed by atoms with Crippen LogP contribution in [0.1, 0.15) is 17.0 Å². The molecule has 12 heteroatoms. The minimum atomic E-state index is -4.74. The summed E-state index contributed by atoms with van der Waals surface area (Å²) in [6, 6.07) is 5.85. The third kappa shape index (κ3) is 5.55. The first kappa shape index (κ1) is 26.1. The Hall–Kier alpha value is -2.96. The van der Waals surface area contributed by atoms with Crippen molar-refractivity contribution in [2.75, 3.05) is 37.0 Å². The number of anilines is 1. The average molecular weight is 523 g/mol. The molecule has 1 fully saturated rings. The SMILES string of the molecule is Cc1nn(C)c(C)c1N(CC(F)(F)F)S(=O)(=O)c1ccc(C2=CC=NC(N3CCNCC3)C=C2)cc1. The summed E-state index contributed by atoms with van der Waals surface area (Å²) >= 11 is 0. The summed E-state index contributed by atoms with van der Waals surface area (Å²) in [5, 5.41) is 7.41. The standard InChI is InChI=1S/C24H29F3N6O2S/c1-17-23(18(2)31(3)30-17)33(16-24(25,26)27)36(34,35)21-7-4-19(5-8-21)20-6-9-22(29-11-10-20)32-14-12-28-13-15-32/h4-11,22,28H,12-16H2,1-3H3. The Bertz CT molecular complexity index is 1290. The molecule has 2 aliphatic rings. The van der Waals surface area contributed by atoms with Gasteiger partial charge in [-0.1, -0.05) is 18.2 Å². The smallest absolute Gasteiger partial charge is 0.314 e. The van der Waals surface area contributed by atoms with Crippen LogP contribution in [0.4, 0.5) is 18.9 Å². The summed E-state index contributed by atoms with van der Waals surface area (Å²) in [7, 11) is -2.95. The van der Waals surface area contributed by atoms with Crippen molar-refractivity contribution in [2.45, 2.75) is 31.1 Å². The molecule has 1 aromatic carbocycles. The Kier molecular flexibility index (Phi) is 7.39. The lowest BCUT2D eigenvalue weighted by Crippen LogP contribution is -2.47. The second-order valence-corrected chi connectivity index (χ2v) is 10.6. The summed E-state index contributed by atoms with van der Waals surface area (Å²) in [4.78, 5) is 6.61. The van der Waals surface area contributed by atoms with Gasteiger partial charge in [-0.3, -0.25) is 18.9 Å². The van der Waals surface area contributed by atoms with Crippen LogP contribution in [0.15, 0.2) is 52.4 Å². The fraction of sp³-hybridized carbons (Fsp3) is 0.417. The maximum atomic E-state index is 13.5. The van der Waals surface area contributed by atoms with Gasteiger partial charge in [0.1, 0.15) is 12.7 Å². The van der Waals surface area contributed by atoms with E-state index >= 15 is 0 Å². The molecule has 0 spiro atoms. The largest absolute Gasteiger partial charge is 0.407 e. The van der Waals surface area contributed by atoms with E-state index in [0.717, 1.165) is 37.3 Å². The molecule has 0 saturated carbocycles. The van der Waals surface area contributed by atoms with E-state index in [-0.39, 0.29) is 22.4 Å². The first-order valence-corrected chi connectivity index (χ1v) is 13.0. The Balaban J connectivity index is 1.61. The third-order valence-corrected chi connectivity index (χ3v) is 8.05. The fourth-order valence-electron chi connectivity index (χ4n) is 4.38. The van der Waals surface area contributed by atoms with Gasteiger partial charge in [0.25, 0.3) is 10.0 Å². The Morgan fingerprint density at radius 3 is 2.39 bits per heavy atom. The average Bonchev–Trinajstić information content (AvgIpc) is 2.99. The Morgan fingerprint density at radius 2 is 1.81 bits per heavy atom. The van der Waals surface area contributed by atoms with E-state index in [2.05, 4.69) is 20.3 Å². The molecule has 2 aromatic rings. The molecule has 0 amide bonds. The molecule has 1 N–H and O–H groups in total. The van der Waals surface area contributed by atoms with Crippen molar-refractivity contribution in [1.82, 2.24) is 20.0 Å². The van der Waals surface area contributed by atoms with Crippen molar-refractivity contribution in [3.05, 3.63) is 59.4 Å². The highest BCUT2D eigenvalue weighted by atomic mass is 32.2. The highest BCUT2D eigenvalue weighted by Crippen LogP contribution is 2.33. The lowest BCUT2D eigenvalue weighted by molar-refractivity contribution is -0.117. The maximum Gasteiger partial charge on any atom is 0.407 e. The lowest BCUT2D eigenvalue weighted by Gasteiger charge is -2.30. The van der Waals surface area contributed by atoms with Crippen molar-refractivity contribution < 1.29 is 21.6 Å². The zero-order valence-corrected chi connectivity index (χ0v) is 21.1. The van der Waals surface area contributed by atoms with Crippen LogP contribution in [0.5, 0.6) is 0 Å². The van der Waals surface area contributed by atoms with Crippen molar-refractivity contribution in [3.8, 4) is 0 Å². The molecule has 0 aliphatic carbocycles. The van der Waals surface area contributed by atoms with E-state index in [0.29, 0.717) is 10.00 Å². The van der Waals surface area contributed by atoms with Gasteiger partial charge < -0.3 is 5.32 Å². The Morgan fingerprint density at radius 1 is 1.14 bits per heavy atom. The third-order valence-electron chi connectivity index (χ3n) is 6.29. The van der Waals surface area contributed by atoms with Crippen LogP contribution in [-0.2, 0) is 17.1 Å². The number of hydrogen-bond donors (Lipinski definition) is 1. The van der Waals surface area contributed by atoms with E-state index in [9.17, 15) is 21.6 Å². The lowest BCUT2D eigenvalue weighted by atomic mass is 10.1. The Labute approximate surface area is 208 Å². The van der Waals surface area contributed by atoms with Gasteiger partial charge in [-0.2, -0.15) is 18.3 Å². The van der Waals surface area contributed by atoms with Gasteiger partial charge in [0.05, 0.1) is 22.0 Å². The number of rotatable bonds is 6. The van der Waals surface area contributed by atoms with Crippen LogP contribution in [0.25, 0.3) is 5.57 Å². The van der Waals surface area contributed by atoms with E-state index in [1.54, 1.807) is 25.4 Å². The van der Waals surface area contributed by atoms with E-state index < -0.39 is 22.7 Å². The topological polar surface area (TPSA) is 82.8 Å². The highest BCUT2D eigenvalue weighted by molar-refractivity contribution is 7.92. The predicted octanol–water partition coefficient (Wildman–Crippen LogP) is 3.05. The minimum Gasteiger partial charge on any atom is -0.314 e. The zero-order chi connectivity index (χ0) is 26.1. The number of piperazine rings is 1. The number of sulfonamides is 1. The normalized spacial score (nSPS) is 19.3. The molecule has 36 heavy (non-hydrogen) atoms. The molecule has 1 unspecified atom stereocenters. The van der Waals surface area contributed by atoms with Gasteiger partial charge in [0.2, 0.25) is 0 Å². The van der Waals surface area contributed by atoms with Crippen molar-refractivity contribution in [3.63, 3.8) is 0 Å². The highest BCUT2D eigenvalue weighted by Gasteiger charge is 2.39. The molecule has 194 valence electrons. The molecule has 8 nitrogen and oxygen atoms in total. The number of aromatic nitrogens is 2. The molecular formula is C24H29F3N6O2S. The second kappa shape index (κ2) is 10.2. The van der Waals surface area contributed by atoms with Crippen LogP contribution in [0, 0.1) is 13.8 Å². The van der Waals surface area contributed by atoms with Crippen molar-refractivity contribution in [2.24, 2.45) is 12.0 Å². The number of aryl methyl sites for hydroxylation is 2. The number of hydrogen-bond acceptors (Lipinski definition) is 6. The van der Waals surface area contributed by atoms with Gasteiger partial charge >= 0.3 is 6.18 Å². The number of halogens is 3. The number of nitrogens with one attached hydrogen (secondary N) is 1. The van der Waals surface area contributed by atoms with Gasteiger partial charge in [-0.15, -0.1) is 0 Å². The predicted molar refractivity (Wildman–Crippen MR) is 134 cm³/mol. The summed E-state index contributed by atoms with van der Waals surface area (Å²) in [6.45, 7) is 4.96. The van der Waals surface area contributed by atoms with E-state index in [4.69, 9.17) is 0 Å². The van der Waals surface area contributed by atoms with Crippen LogP contribution >= 0.6 is 0 Å². The number of nitrogens with zero attached hydrogens (tertiary/aromatic N) is 5. The quantitative estimate of drug-likeness (QED) is 0.631. The van der Waals surface area contributed by atoms with Crippen molar-refractivity contribution >= 4 is 27.5 Å². The molecule has 1 saturated heterocycles. The number of benzene rings is 1. The van der Waals surface area contributed by atoms with Gasteiger partial charge in [-0.25, -0.2) is 8.42 Å². The second-order valence-electron chi connectivity index (χ2n) is 8.77. The van der Waals surface area contributed by atoms with E-state index in [1.807, 2.05) is 18.2 Å². The minimum absolute atomic E-state index is 0.0662. The van der Waals surface area contributed by atoms with Gasteiger partial charge in [0, 0.05) is 39.4 Å². The molecule has 1 aromatic heterocycles. The van der Waals surface area contributed by atoms with Crippen LogP contribution in [0.2, 0.25) is 0 Å². The summed E-state index contributed by atoms with van der Waals surface area (Å²) in [6.07, 6.45) is 2.66. The maximum absolute atomic E-state index is 13.5. The molecule has 0 radical (unpaired) electrons. The van der Waals surface area contributed by atoms with Crippen LogP contribution < -0.4 is 9.62 Å².